The molecule has 0 radical (unpaired) electrons. The van der Waals surface area contributed by atoms with Crippen molar-refractivity contribution in [2.45, 2.75) is 32.9 Å². The van der Waals surface area contributed by atoms with Crippen molar-refractivity contribution in [2.24, 2.45) is 5.92 Å². The predicted octanol–water partition coefficient (Wildman–Crippen LogP) is 2.60. The largest absolute Gasteiger partial charge is 0.343 e. The summed E-state index contributed by atoms with van der Waals surface area (Å²) >= 11 is 2.97. The third-order valence-corrected chi connectivity index (χ3v) is 4.00. The molecule has 1 aromatic carbocycles. The Morgan fingerprint density at radius 3 is 2.43 bits per heavy atom. The van der Waals surface area contributed by atoms with Gasteiger partial charge in [-0.25, -0.2) is 8.78 Å². The molecular formula is C14H15BrF2N2O2. The average molecular weight is 361 g/mol. The summed E-state index contributed by atoms with van der Waals surface area (Å²) < 4.78 is 27.5. The molecule has 1 saturated heterocycles. The molecule has 1 fully saturated rings. The molecular weight excluding hydrogens is 346 g/mol. The summed E-state index contributed by atoms with van der Waals surface area (Å²) in [7, 11) is 0. The summed E-state index contributed by atoms with van der Waals surface area (Å²) in [5.74, 6) is -2.64. The first-order valence-corrected chi connectivity index (χ1v) is 7.31. The van der Waals surface area contributed by atoms with Crippen molar-refractivity contribution in [1.82, 2.24) is 5.32 Å². The fourth-order valence-electron chi connectivity index (χ4n) is 2.39. The van der Waals surface area contributed by atoms with Gasteiger partial charge in [-0.05, 0) is 34.8 Å². The second-order valence-electron chi connectivity index (χ2n) is 5.35. The lowest BCUT2D eigenvalue weighted by molar-refractivity contribution is -0.134. The molecule has 1 aromatic rings. The number of halogens is 3. The lowest BCUT2D eigenvalue weighted by Crippen LogP contribution is -2.64. The number of nitrogens with one attached hydrogen (secondary N) is 1. The van der Waals surface area contributed by atoms with Crippen molar-refractivity contribution in [3.8, 4) is 0 Å². The molecule has 1 aliphatic rings. The SMILES string of the molecule is CC1NC(=O)C(C(C)C)N(c2cc(Br)c(F)cc2F)C1=O. The zero-order valence-electron chi connectivity index (χ0n) is 11.8. The van der Waals surface area contributed by atoms with Crippen molar-refractivity contribution < 1.29 is 18.4 Å². The van der Waals surface area contributed by atoms with Gasteiger partial charge < -0.3 is 5.32 Å². The molecule has 1 N–H and O–H groups in total. The van der Waals surface area contributed by atoms with Crippen LogP contribution < -0.4 is 10.2 Å². The molecule has 2 amide bonds. The maximum absolute atomic E-state index is 14.1. The Kier molecular flexibility index (Phi) is 4.32. The normalized spacial score (nSPS) is 22.7. The van der Waals surface area contributed by atoms with Crippen LogP contribution in [0.25, 0.3) is 0 Å². The molecule has 0 spiro atoms. The number of hydrogen-bond donors (Lipinski definition) is 1. The summed E-state index contributed by atoms with van der Waals surface area (Å²) in [5, 5.41) is 2.57. The van der Waals surface area contributed by atoms with Gasteiger partial charge in [0.25, 0.3) is 0 Å². The fourth-order valence-corrected chi connectivity index (χ4v) is 2.72. The highest BCUT2D eigenvalue weighted by Gasteiger charge is 2.42. The molecule has 2 unspecified atom stereocenters. The van der Waals surface area contributed by atoms with Gasteiger partial charge in [0.2, 0.25) is 11.8 Å². The number of amides is 2. The number of anilines is 1. The van der Waals surface area contributed by atoms with Crippen molar-refractivity contribution in [3.05, 3.63) is 28.2 Å². The van der Waals surface area contributed by atoms with Gasteiger partial charge in [-0.3, -0.25) is 14.5 Å². The van der Waals surface area contributed by atoms with Crippen LogP contribution in [0.3, 0.4) is 0 Å². The van der Waals surface area contributed by atoms with E-state index in [9.17, 15) is 18.4 Å². The Morgan fingerprint density at radius 2 is 1.86 bits per heavy atom. The number of rotatable bonds is 2. The van der Waals surface area contributed by atoms with E-state index in [-0.39, 0.29) is 22.0 Å². The molecule has 7 heteroatoms. The van der Waals surface area contributed by atoms with E-state index >= 15 is 0 Å². The lowest BCUT2D eigenvalue weighted by Gasteiger charge is -2.40. The number of piperazine rings is 1. The van der Waals surface area contributed by atoms with Gasteiger partial charge in [-0.1, -0.05) is 13.8 Å². The fraction of sp³-hybridized carbons (Fsp3) is 0.429. The van der Waals surface area contributed by atoms with E-state index in [1.54, 1.807) is 13.8 Å². The molecule has 0 aliphatic carbocycles. The van der Waals surface area contributed by atoms with Crippen LogP contribution in [0.4, 0.5) is 14.5 Å². The van der Waals surface area contributed by atoms with E-state index in [1.165, 1.54) is 13.0 Å². The summed E-state index contributed by atoms with van der Waals surface area (Å²) in [5.41, 5.74) is -0.103. The van der Waals surface area contributed by atoms with E-state index in [2.05, 4.69) is 21.2 Å². The van der Waals surface area contributed by atoms with Gasteiger partial charge in [0.15, 0.2) is 0 Å². The molecule has 1 heterocycles. The Labute approximate surface area is 129 Å². The minimum atomic E-state index is -0.878. The summed E-state index contributed by atoms with van der Waals surface area (Å²) in [6, 6.07) is 0.293. The van der Waals surface area contributed by atoms with Gasteiger partial charge in [-0.2, -0.15) is 0 Å². The van der Waals surface area contributed by atoms with Crippen LogP contribution in [0.5, 0.6) is 0 Å². The van der Waals surface area contributed by atoms with Crippen LogP contribution in [-0.4, -0.2) is 23.9 Å². The van der Waals surface area contributed by atoms with E-state index in [1.807, 2.05) is 0 Å². The second-order valence-corrected chi connectivity index (χ2v) is 6.20. The third kappa shape index (κ3) is 2.79. The van der Waals surface area contributed by atoms with E-state index in [4.69, 9.17) is 0 Å². The molecule has 1 aliphatic heterocycles. The second kappa shape index (κ2) is 5.71. The Bertz CT molecular complexity index is 607. The van der Waals surface area contributed by atoms with Crippen molar-refractivity contribution in [3.63, 3.8) is 0 Å². The summed E-state index contributed by atoms with van der Waals surface area (Å²) in [6.45, 7) is 5.05. The Balaban J connectivity index is 2.58. The van der Waals surface area contributed by atoms with Crippen LogP contribution in [0.2, 0.25) is 0 Å². The van der Waals surface area contributed by atoms with Crippen LogP contribution >= 0.6 is 15.9 Å². The molecule has 2 atom stereocenters. The van der Waals surface area contributed by atoms with Gasteiger partial charge in [-0.15, -0.1) is 0 Å². The smallest absolute Gasteiger partial charge is 0.250 e. The van der Waals surface area contributed by atoms with Gasteiger partial charge >= 0.3 is 0 Å². The molecule has 0 bridgehead atoms. The van der Waals surface area contributed by atoms with E-state index in [0.29, 0.717) is 6.07 Å². The Hall–Kier alpha value is -1.50. The van der Waals surface area contributed by atoms with E-state index in [0.717, 1.165) is 4.90 Å². The molecule has 21 heavy (non-hydrogen) atoms. The number of carbonyl (C=O) groups excluding carboxylic acids is 2. The van der Waals surface area contributed by atoms with Gasteiger partial charge in [0.1, 0.15) is 23.7 Å². The third-order valence-electron chi connectivity index (χ3n) is 3.39. The maximum atomic E-state index is 14.1. The van der Waals surface area contributed by atoms with Crippen molar-refractivity contribution in [2.75, 3.05) is 4.90 Å². The zero-order chi connectivity index (χ0) is 15.9. The zero-order valence-corrected chi connectivity index (χ0v) is 13.4. The highest BCUT2D eigenvalue weighted by atomic mass is 79.9. The van der Waals surface area contributed by atoms with Crippen LogP contribution in [0.1, 0.15) is 20.8 Å². The van der Waals surface area contributed by atoms with Crippen molar-refractivity contribution >= 4 is 33.4 Å². The highest BCUT2D eigenvalue weighted by molar-refractivity contribution is 9.10. The number of benzene rings is 1. The molecule has 0 saturated carbocycles. The van der Waals surface area contributed by atoms with Crippen LogP contribution in [-0.2, 0) is 9.59 Å². The predicted molar refractivity (Wildman–Crippen MR) is 77.8 cm³/mol. The maximum Gasteiger partial charge on any atom is 0.250 e. The standard InChI is InChI=1S/C14H15BrF2N2O2/c1-6(2)12-13(20)18-7(3)14(21)19(12)11-4-8(15)9(16)5-10(11)17/h4-7,12H,1-3H3,(H,18,20). The first kappa shape index (κ1) is 15.9. The number of carbonyl (C=O) groups is 2. The van der Waals surface area contributed by atoms with Gasteiger partial charge in [0, 0.05) is 6.07 Å². The van der Waals surface area contributed by atoms with Crippen LogP contribution in [0.15, 0.2) is 16.6 Å². The quantitative estimate of drug-likeness (QED) is 0.824. The minimum Gasteiger partial charge on any atom is -0.343 e. The average Bonchev–Trinajstić information content (AvgIpc) is 2.37. The Morgan fingerprint density at radius 1 is 1.24 bits per heavy atom. The first-order chi connectivity index (χ1) is 9.73. The number of nitrogens with zero attached hydrogens (tertiary/aromatic N) is 1. The summed E-state index contributed by atoms with van der Waals surface area (Å²) in [6.07, 6.45) is 0. The lowest BCUT2D eigenvalue weighted by atomic mass is 9.96. The molecule has 2 rings (SSSR count). The van der Waals surface area contributed by atoms with Gasteiger partial charge in [0.05, 0.1) is 10.2 Å². The number of hydrogen-bond acceptors (Lipinski definition) is 2. The van der Waals surface area contributed by atoms with Crippen LogP contribution in [0, 0.1) is 17.6 Å². The van der Waals surface area contributed by atoms with Crippen molar-refractivity contribution in [1.29, 1.82) is 0 Å². The topological polar surface area (TPSA) is 49.4 Å². The minimum absolute atomic E-state index is 0.0350. The molecule has 4 nitrogen and oxygen atoms in total. The summed E-state index contributed by atoms with van der Waals surface area (Å²) in [4.78, 5) is 25.6. The monoisotopic (exact) mass is 360 g/mol. The molecule has 114 valence electrons. The molecule has 0 aromatic heterocycles. The highest BCUT2D eigenvalue weighted by Crippen LogP contribution is 2.31. The van der Waals surface area contributed by atoms with E-state index < -0.39 is 29.6 Å². The first-order valence-electron chi connectivity index (χ1n) is 6.52.